The summed E-state index contributed by atoms with van der Waals surface area (Å²) in [5, 5.41) is 2.97. The van der Waals surface area contributed by atoms with Crippen LogP contribution in [0.4, 0.5) is 5.69 Å². The minimum Gasteiger partial charge on any atom is -0.497 e. The Morgan fingerprint density at radius 2 is 1.61 bits per heavy atom. The van der Waals surface area contributed by atoms with Crippen molar-refractivity contribution in [2.45, 2.75) is 18.9 Å². The largest absolute Gasteiger partial charge is 0.497 e. The van der Waals surface area contributed by atoms with Gasteiger partial charge in [0, 0.05) is 53.3 Å². The van der Waals surface area contributed by atoms with Crippen molar-refractivity contribution in [1.82, 2.24) is 14.7 Å². The number of ether oxygens (including phenoxy) is 1. The van der Waals surface area contributed by atoms with E-state index in [1.807, 2.05) is 34.5 Å². The number of anilines is 1. The Hall–Kier alpha value is -2.36. The third-order valence-corrected chi connectivity index (χ3v) is 8.45. The molecule has 3 heterocycles. The number of piperidine rings is 1. The Morgan fingerprint density at radius 1 is 0.947 bits per heavy atom. The van der Waals surface area contributed by atoms with Crippen molar-refractivity contribution in [3.63, 3.8) is 0 Å². The monoisotopic (exact) mass is 578 g/mol. The van der Waals surface area contributed by atoms with Crippen LogP contribution in [0.3, 0.4) is 0 Å². The fraction of sp³-hybridized carbons (Fsp3) is 0.429. The van der Waals surface area contributed by atoms with Crippen LogP contribution in [0.1, 0.15) is 23.2 Å². The lowest BCUT2D eigenvalue weighted by Crippen LogP contribution is -2.55. The number of carbonyl (C=O) groups is 2. The van der Waals surface area contributed by atoms with Crippen molar-refractivity contribution in [3.8, 4) is 5.75 Å². The van der Waals surface area contributed by atoms with Gasteiger partial charge < -0.3 is 14.5 Å². The summed E-state index contributed by atoms with van der Waals surface area (Å²) in [5.41, 5.74) is 1.32. The molecule has 1 aromatic heterocycles. The molecule has 2 aromatic carbocycles. The first-order chi connectivity index (χ1) is 17.5. The van der Waals surface area contributed by atoms with Crippen LogP contribution in [0.15, 0.2) is 53.9 Å². The molecule has 0 aliphatic carbocycles. The van der Waals surface area contributed by atoms with Crippen LogP contribution in [0.2, 0.25) is 0 Å². The summed E-state index contributed by atoms with van der Waals surface area (Å²) in [7, 11) is 3.79. The van der Waals surface area contributed by atoms with E-state index in [4.69, 9.17) is 4.74 Å². The minimum absolute atomic E-state index is 0. The second-order valence-corrected chi connectivity index (χ2v) is 10.6. The van der Waals surface area contributed by atoms with E-state index in [-0.39, 0.29) is 43.2 Å². The molecular weight excluding hydrogens is 543 g/mol. The number of methoxy groups -OCH3 is 1. The molecule has 0 unspecified atom stereocenters. The number of amides is 2. The van der Waals surface area contributed by atoms with Gasteiger partial charge in [-0.3, -0.25) is 19.4 Å². The molecule has 0 radical (unpaired) electrons. The van der Waals surface area contributed by atoms with Gasteiger partial charge in [-0.2, -0.15) is 0 Å². The van der Waals surface area contributed by atoms with Crippen LogP contribution >= 0.6 is 36.2 Å². The average molecular weight is 580 g/mol. The molecule has 2 aliphatic heterocycles. The van der Waals surface area contributed by atoms with Crippen LogP contribution in [-0.2, 0) is 4.79 Å². The summed E-state index contributed by atoms with van der Waals surface area (Å²) in [4.78, 5) is 35.7. The number of piperazine rings is 1. The van der Waals surface area contributed by atoms with Gasteiger partial charge in [-0.15, -0.1) is 36.2 Å². The van der Waals surface area contributed by atoms with Gasteiger partial charge in [0.25, 0.3) is 5.91 Å². The molecule has 38 heavy (non-hydrogen) atoms. The highest BCUT2D eigenvalue weighted by molar-refractivity contribution is 7.17. The Labute approximate surface area is 241 Å². The topological polar surface area (TPSA) is 56.3 Å². The van der Waals surface area contributed by atoms with Gasteiger partial charge >= 0.3 is 0 Å². The maximum Gasteiger partial charge on any atom is 0.258 e. The number of benzene rings is 2. The Bertz CT molecular complexity index is 1210. The molecule has 0 spiro atoms. The zero-order chi connectivity index (χ0) is 25.1. The smallest absolute Gasteiger partial charge is 0.258 e. The van der Waals surface area contributed by atoms with Crippen LogP contribution in [0, 0.1) is 0 Å². The van der Waals surface area contributed by atoms with E-state index in [0.717, 1.165) is 42.0 Å². The Morgan fingerprint density at radius 3 is 2.26 bits per heavy atom. The summed E-state index contributed by atoms with van der Waals surface area (Å²) in [5.74, 6) is 0.507. The maximum atomic E-state index is 13.7. The number of hydrogen-bond acceptors (Lipinski definition) is 6. The molecule has 0 atom stereocenters. The van der Waals surface area contributed by atoms with Crippen molar-refractivity contribution in [3.05, 3.63) is 59.5 Å². The van der Waals surface area contributed by atoms with E-state index < -0.39 is 0 Å². The molecule has 5 rings (SSSR count). The molecule has 7 nitrogen and oxygen atoms in total. The molecule has 0 bridgehead atoms. The van der Waals surface area contributed by atoms with Crippen molar-refractivity contribution >= 4 is 63.7 Å². The first kappa shape index (κ1) is 30.2. The average Bonchev–Trinajstić information content (AvgIpc) is 3.36. The summed E-state index contributed by atoms with van der Waals surface area (Å²) in [6, 6.07) is 15.7. The lowest BCUT2D eigenvalue weighted by atomic mass is 10.0. The van der Waals surface area contributed by atoms with Crippen LogP contribution in [-0.4, -0.2) is 92.5 Å². The highest BCUT2D eigenvalue weighted by atomic mass is 35.5. The highest BCUT2D eigenvalue weighted by Gasteiger charge is 2.30. The van der Waals surface area contributed by atoms with Gasteiger partial charge in [-0.05, 0) is 63.3 Å². The molecule has 0 N–H and O–H groups in total. The van der Waals surface area contributed by atoms with E-state index in [9.17, 15) is 9.59 Å². The number of likely N-dealkylation sites (tertiary alicyclic amines) is 1. The third kappa shape index (κ3) is 6.61. The van der Waals surface area contributed by atoms with E-state index >= 15 is 0 Å². The second kappa shape index (κ2) is 13.6. The maximum absolute atomic E-state index is 13.7. The Balaban J connectivity index is 0.00000200. The summed E-state index contributed by atoms with van der Waals surface area (Å²) in [6.45, 7) is 5.52. The third-order valence-electron chi connectivity index (χ3n) is 7.50. The predicted octanol–water partition coefficient (Wildman–Crippen LogP) is 4.64. The first-order valence-corrected chi connectivity index (χ1v) is 13.5. The molecule has 3 aromatic rings. The molecule has 2 fully saturated rings. The van der Waals surface area contributed by atoms with Crippen molar-refractivity contribution in [1.29, 1.82) is 0 Å². The quantitative estimate of drug-likeness (QED) is 0.426. The van der Waals surface area contributed by atoms with Crippen LogP contribution < -0.4 is 9.64 Å². The minimum atomic E-state index is -0.181. The fourth-order valence-electron chi connectivity index (χ4n) is 5.26. The molecule has 206 valence electrons. The van der Waals surface area contributed by atoms with Crippen molar-refractivity contribution in [2.75, 3.05) is 64.9 Å². The van der Waals surface area contributed by atoms with Crippen LogP contribution in [0.25, 0.3) is 10.1 Å². The molecule has 0 saturated carbocycles. The zero-order valence-corrected chi connectivity index (χ0v) is 24.3. The molecule has 2 aliphatic rings. The van der Waals surface area contributed by atoms with Gasteiger partial charge in [0.2, 0.25) is 5.91 Å². The number of rotatable bonds is 6. The Kier molecular flexibility index (Phi) is 10.8. The van der Waals surface area contributed by atoms with Gasteiger partial charge in [0.05, 0.1) is 12.8 Å². The van der Waals surface area contributed by atoms with Crippen LogP contribution in [0.5, 0.6) is 5.75 Å². The number of hydrogen-bond donors (Lipinski definition) is 0. The standard InChI is InChI=1S/C28H34N4O3S.2ClH/c1-29-13-11-22(12-14-29)30-15-17-31(18-16-30)27(33)19-32(25-20-36-26-6-4-3-5-24(25)26)28(34)21-7-9-23(35-2)10-8-21;;/h3-10,20,22H,11-19H2,1-2H3;2*1H. The summed E-state index contributed by atoms with van der Waals surface area (Å²) in [6.07, 6.45) is 2.39. The second-order valence-electron chi connectivity index (χ2n) is 9.69. The van der Waals surface area contributed by atoms with E-state index in [0.29, 0.717) is 30.4 Å². The van der Waals surface area contributed by atoms with E-state index in [1.54, 1.807) is 47.6 Å². The van der Waals surface area contributed by atoms with E-state index in [2.05, 4.69) is 16.8 Å². The lowest BCUT2D eigenvalue weighted by molar-refractivity contribution is -0.131. The van der Waals surface area contributed by atoms with Gasteiger partial charge in [0.15, 0.2) is 0 Å². The van der Waals surface area contributed by atoms with Gasteiger partial charge in [0.1, 0.15) is 12.3 Å². The predicted molar refractivity (Wildman–Crippen MR) is 160 cm³/mol. The van der Waals surface area contributed by atoms with Crippen molar-refractivity contribution in [2.24, 2.45) is 0 Å². The first-order valence-electron chi connectivity index (χ1n) is 12.7. The SMILES string of the molecule is COc1ccc(C(=O)N(CC(=O)N2CCN(C3CCN(C)CC3)CC2)c2csc3ccccc23)cc1.Cl.Cl. The van der Waals surface area contributed by atoms with Gasteiger partial charge in [-0.1, -0.05) is 18.2 Å². The number of halogens is 2. The fourth-order valence-corrected chi connectivity index (χ4v) is 6.21. The molecule has 2 amide bonds. The normalized spacial score (nSPS) is 16.9. The number of fused-ring (bicyclic) bond motifs is 1. The molecule has 2 saturated heterocycles. The molecular formula is C28H36Cl2N4O3S. The lowest BCUT2D eigenvalue weighted by Gasteiger charge is -2.42. The number of thiophene rings is 1. The zero-order valence-electron chi connectivity index (χ0n) is 21.9. The van der Waals surface area contributed by atoms with E-state index in [1.165, 1.54) is 12.8 Å². The summed E-state index contributed by atoms with van der Waals surface area (Å²) >= 11 is 1.59. The summed E-state index contributed by atoms with van der Waals surface area (Å²) < 4.78 is 6.35. The number of nitrogens with zero attached hydrogens (tertiary/aromatic N) is 4. The highest BCUT2D eigenvalue weighted by Crippen LogP contribution is 2.34. The molecule has 10 heteroatoms. The van der Waals surface area contributed by atoms with Gasteiger partial charge in [-0.25, -0.2) is 0 Å². The van der Waals surface area contributed by atoms with Crippen molar-refractivity contribution < 1.29 is 14.3 Å². The number of carbonyl (C=O) groups excluding carboxylic acids is 2.